The third-order valence-corrected chi connectivity index (χ3v) is 4.84. The van der Waals surface area contributed by atoms with Crippen molar-refractivity contribution in [2.75, 3.05) is 6.61 Å². The molecule has 1 amide bonds. The average Bonchev–Trinajstić information content (AvgIpc) is 2.48. The van der Waals surface area contributed by atoms with Crippen molar-refractivity contribution in [3.05, 3.63) is 34.9 Å². The van der Waals surface area contributed by atoms with Crippen LogP contribution in [0.3, 0.4) is 0 Å². The monoisotopic (exact) mass is 317 g/mol. The van der Waals surface area contributed by atoms with E-state index in [2.05, 4.69) is 19.2 Å². The Morgan fingerprint density at radius 1 is 1.13 bits per heavy atom. The summed E-state index contributed by atoms with van der Waals surface area (Å²) in [7, 11) is 0. The molecule has 4 heteroatoms. The van der Waals surface area contributed by atoms with Gasteiger partial charge in [-0.1, -0.05) is 43.9 Å². The average molecular weight is 317 g/mol. The van der Waals surface area contributed by atoms with E-state index in [4.69, 9.17) is 4.74 Å². The second-order valence-electron chi connectivity index (χ2n) is 6.89. The smallest absolute Gasteiger partial charge is 0.338 e. The maximum absolute atomic E-state index is 12.1. The van der Waals surface area contributed by atoms with E-state index in [-0.39, 0.29) is 18.6 Å². The van der Waals surface area contributed by atoms with Gasteiger partial charge in [0.05, 0.1) is 5.56 Å². The van der Waals surface area contributed by atoms with E-state index in [0.29, 0.717) is 17.4 Å². The molecule has 2 rings (SSSR count). The van der Waals surface area contributed by atoms with Gasteiger partial charge in [-0.2, -0.15) is 0 Å². The molecule has 0 radical (unpaired) electrons. The van der Waals surface area contributed by atoms with Crippen LogP contribution in [0.5, 0.6) is 0 Å². The number of benzene rings is 1. The highest BCUT2D eigenvalue weighted by atomic mass is 16.5. The number of carbonyl (C=O) groups is 2. The number of carbonyl (C=O) groups excluding carboxylic acids is 2. The van der Waals surface area contributed by atoms with Crippen molar-refractivity contribution in [2.45, 2.75) is 53.0 Å². The van der Waals surface area contributed by atoms with Gasteiger partial charge in [-0.05, 0) is 44.2 Å². The van der Waals surface area contributed by atoms with Crippen LogP contribution >= 0.6 is 0 Å². The Bertz CT molecular complexity index is 562. The van der Waals surface area contributed by atoms with Crippen LogP contribution in [0.25, 0.3) is 0 Å². The van der Waals surface area contributed by atoms with Gasteiger partial charge in [-0.25, -0.2) is 4.79 Å². The highest BCUT2D eigenvalue weighted by molar-refractivity contribution is 5.91. The van der Waals surface area contributed by atoms with Crippen LogP contribution in [0.2, 0.25) is 0 Å². The highest BCUT2D eigenvalue weighted by Crippen LogP contribution is 2.29. The highest BCUT2D eigenvalue weighted by Gasteiger charge is 2.28. The fourth-order valence-corrected chi connectivity index (χ4v) is 3.34. The zero-order valence-corrected chi connectivity index (χ0v) is 14.5. The van der Waals surface area contributed by atoms with Crippen LogP contribution in [0, 0.1) is 25.7 Å². The summed E-state index contributed by atoms with van der Waals surface area (Å²) in [5.74, 6) is 0.417. The molecular weight excluding hydrogens is 290 g/mol. The van der Waals surface area contributed by atoms with Crippen LogP contribution in [-0.2, 0) is 9.53 Å². The molecular formula is C19H27NO3. The number of nitrogens with one attached hydrogen (secondary N) is 1. The van der Waals surface area contributed by atoms with Crippen LogP contribution in [0.15, 0.2) is 18.2 Å². The lowest BCUT2D eigenvalue weighted by Crippen LogP contribution is -2.45. The topological polar surface area (TPSA) is 55.4 Å². The fourth-order valence-electron chi connectivity index (χ4n) is 3.34. The van der Waals surface area contributed by atoms with Crippen molar-refractivity contribution in [3.63, 3.8) is 0 Å². The summed E-state index contributed by atoms with van der Waals surface area (Å²) in [5, 5.41) is 3.01. The maximum Gasteiger partial charge on any atom is 0.338 e. The molecule has 1 saturated carbocycles. The van der Waals surface area contributed by atoms with Gasteiger partial charge in [0, 0.05) is 6.04 Å². The molecule has 1 N–H and O–H groups in total. The molecule has 0 unspecified atom stereocenters. The van der Waals surface area contributed by atoms with E-state index < -0.39 is 5.97 Å². The van der Waals surface area contributed by atoms with Gasteiger partial charge < -0.3 is 10.1 Å². The predicted molar refractivity (Wildman–Crippen MR) is 90.3 cm³/mol. The Morgan fingerprint density at radius 3 is 2.43 bits per heavy atom. The SMILES string of the molecule is Cc1cc(C)cc(C(=O)OCC(=O)N[C@H]2CCC[C@H](C)[C@@H]2C)c1. The number of amides is 1. The number of rotatable bonds is 4. The van der Waals surface area contributed by atoms with Crippen LogP contribution in [0.4, 0.5) is 0 Å². The lowest BCUT2D eigenvalue weighted by molar-refractivity contribution is -0.125. The van der Waals surface area contributed by atoms with Gasteiger partial charge >= 0.3 is 5.97 Å². The normalized spacial score (nSPS) is 24.1. The van der Waals surface area contributed by atoms with Crippen LogP contribution in [-0.4, -0.2) is 24.5 Å². The van der Waals surface area contributed by atoms with Crippen molar-refractivity contribution in [1.29, 1.82) is 0 Å². The summed E-state index contributed by atoms with van der Waals surface area (Å²) in [6.07, 6.45) is 3.36. The number of hydrogen-bond donors (Lipinski definition) is 1. The quantitative estimate of drug-likeness (QED) is 0.866. The molecule has 0 bridgehead atoms. The van der Waals surface area contributed by atoms with Crippen molar-refractivity contribution in [1.82, 2.24) is 5.32 Å². The summed E-state index contributed by atoms with van der Waals surface area (Å²) < 4.78 is 5.15. The first kappa shape index (κ1) is 17.5. The summed E-state index contributed by atoms with van der Waals surface area (Å²) in [6.45, 7) is 8.05. The molecule has 4 nitrogen and oxygen atoms in total. The molecule has 0 aliphatic heterocycles. The van der Waals surface area contributed by atoms with Gasteiger partial charge in [-0.3, -0.25) is 4.79 Å². The Kier molecular flexibility index (Phi) is 5.80. The molecule has 1 fully saturated rings. The largest absolute Gasteiger partial charge is 0.452 e. The zero-order chi connectivity index (χ0) is 17.0. The maximum atomic E-state index is 12.1. The van der Waals surface area contributed by atoms with Gasteiger partial charge in [0.15, 0.2) is 6.61 Å². The molecule has 1 aromatic rings. The van der Waals surface area contributed by atoms with Gasteiger partial charge in [0.25, 0.3) is 5.91 Å². The first-order chi connectivity index (χ1) is 10.9. The Labute approximate surface area is 138 Å². The molecule has 0 aromatic heterocycles. The molecule has 126 valence electrons. The third-order valence-electron chi connectivity index (χ3n) is 4.84. The van der Waals surface area contributed by atoms with Gasteiger partial charge in [0.2, 0.25) is 0 Å². The molecule has 1 aromatic carbocycles. The first-order valence-electron chi connectivity index (χ1n) is 8.41. The number of aryl methyl sites for hydroxylation is 2. The second-order valence-corrected chi connectivity index (χ2v) is 6.89. The molecule has 1 aliphatic carbocycles. The van der Waals surface area contributed by atoms with Crippen molar-refractivity contribution < 1.29 is 14.3 Å². The minimum absolute atomic E-state index is 0.186. The molecule has 0 spiro atoms. The Balaban J connectivity index is 1.85. The van der Waals surface area contributed by atoms with E-state index in [9.17, 15) is 9.59 Å². The third kappa shape index (κ3) is 4.81. The number of hydrogen-bond acceptors (Lipinski definition) is 3. The van der Waals surface area contributed by atoms with Gasteiger partial charge in [0.1, 0.15) is 0 Å². The standard InChI is InChI=1S/C19H27NO3/c1-12-8-13(2)10-16(9-12)19(22)23-11-18(21)20-17-7-5-6-14(3)15(17)4/h8-10,14-15,17H,5-7,11H2,1-4H3,(H,20,21)/t14-,15-,17-/m0/s1. The lowest BCUT2D eigenvalue weighted by Gasteiger charge is -2.34. The zero-order valence-electron chi connectivity index (χ0n) is 14.5. The summed E-state index contributed by atoms with van der Waals surface area (Å²) in [6, 6.07) is 5.73. The van der Waals surface area contributed by atoms with E-state index >= 15 is 0 Å². The van der Waals surface area contributed by atoms with Gasteiger partial charge in [-0.15, -0.1) is 0 Å². The van der Waals surface area contributed by atoms with Crippen LogP contribution in [0.1, 0.15) is 54.6 Å². The summed E-state index contributed by atoms with van der Waals surface area (Å²) in [5.41, 5.74) is 2.51. The number of ether oxygens (including phenoxy) is 1. The minimum Gasteiger partial charge on any atom is -0.452 e. The van der Waals surface area contributed by atoms with E-state index in [1.807, 2.05) is 19.9 Å². The van der Waals surface area contributed by atoms with E-state index in [0.717, 1.165) is 24.0 Å². The van der Waals surface area contributed by atoms with Crippen molar-refractivity contribution in [3.8, 4) is 0 Å². The molecule has 0 heterocycles. The number of esters is 1. The Morgan fingerprint density at radius 2 is 1.78 bits per heavy atom. The summed E-state index contributed by atoms with van der Waals surface area (Å²) >= 11 is 0. The first-order valence-corrected chi connectivity index (χ1v) is 8.41. The van der Waals surface area contributed by atoms with Crippen molar-refractivity contribution in [2.24, 2.45) is 11.8 Å². The van der Waals surface area contributed by atoms with E-state index in [1.54, 1.807) is 12.1 Å². The van der Waals surface area contributed by atoms with Crippen molar-refractivity contribution >= 4 is 11.9 Å². The molecule has 1 aliphatic rings. The van der Waals surface area contributed by atoms with Crippen LogP contribution < -0.4 is 5.32 Å². The lowest BCUT2D eigenvalue weighted by atomic mass is 9.78. The molecule has 0 saturated heterocycles. The Hall–Kier alpha value is -1.84. The molecule has 3 atom stereocenters. The molecule has 23 heavy (non-hydrogen) atoms. The summed E-state index contributed by atoms with van der Waals surface area (Å²) in [4.78, 5) is 24.1. The van der Waals surface area contributed by atoms with E-state index in [1.165, 1.54) is 6.42 Å². The fraction of sp³-hybridized carbons (Fsp3) is 0.579. The predicted octanol–water partition coefficient (Wildman–Crippen LogP) is 3.40. The minimum atomic E-state index is -0.447. The second kappa shape index (κ2) is 7.62.